The van der Waals surface area contributed by atoms with Crippen molar-refractivity contribution in [2.45, 2.75) is 26.0 Å². The number of fused-ring (bicyclic) bond motifs is 1. The Bertz CT molecular complexity index is 781. The largest absolute Gasteiger partial charge is 0.491 e. The van der Waals surface area contributed by atoms with E-state index in [-0.39, 0.29) is 6.61 Å². The highest BCUT2D eigenvalue weighted by Crippen LogP contribution is 2.16. The Morgan fingerprint density at radius 1 is 1.09 bits per heavy atom. The van der Waals surface area contributed by atoms with Crippen LogP contribution in [0.15, 0.2) is 54.6 Å². The van der Waals surface area contributed by atoms with Crippen molar-refractivity contribution in [2.75, 3.05) is 6.61 Å². The van der Waals surface area contributed by atoms with E-state index in [1.54, 1.807) is 0 Å². The van der Waals surface area contributed by atoms with Gasteiger partial charge in [-0.3, -0.25) is 0 Å². The summed E-state index contributed by atoms with van der Waals surface area (Å²) >= 11 is 0. The van der Waals surface area contributed by atoms with Crippen molar-refractivity contribution in [3.05, 3.63) is 60.4 Å². The normalized spacial score (nSPS) is 12.5. The highest BCUT2D eigenvalue weighted by atomic mass is 16.5. The molecule has 0 amide bonds. The van der Waals surface area contributed by atoms with Gasteiger partial charge in [0.05, 0.1) is 7.05 Å². The lowest BCUT2D eigenvalue weighted by atomic mass is 10.3. The Hall–Kier alpha value is -2.33. The van der Waals surface area contributed by atoms with E-state index in [0.717, 1.165) is 17.7 Å². The van der Waals surface area contributed by atoms with Crippen molar-refractivity contribution in [2.24, 2.45) is 7.05 Å². The SMILES string of the molecule is CCc1n(C[C@H](O)COc2ccccc2)c2ccccc2[n+]1C. The van der Waals surface area contributed by atoms with Gasteiger partial charge >= 0.3 is 0 Å². The predicted octanol–water partition coefficient (Wildman–Crippen LogP) is 2.47. The van der Waals surface area contributed by atoms with E-state index in [0.29, 0.717) is 6.54 Å². The molecule has 0 saturated heterocycles. The van der Waals surface area contributed by atoms with Gasteiger partial charge in [0.1, 0.15) is 25.0 Å². The summed E-state index contributed by atoms with van der Waals surface area (Å²) in [5.74, 6) is 1.98. The fourth-order valence-electron chi connectivity index (χ4n) is 3.04. The topological polar surface area (TPSA) is 38.3 Å². The number of hydrogen-bond acceptors (Lipinski definition) is 2. The Morgan fingerprint density at radius 3 is 2.52 bits per heavy atom. The van der Waals surface area contributed by atoms with E-state index in [1.165, 1.54) is 11.3 Å². The van der Waals surface area contributed by atoms with Crippen LogP contribution in [-0.4, -0.2) is 22.4 Å². The molecule has 0 aliphatic carbocycles. The number of benzene rings is 2. The van der Waals surface area contributed by atoms with Crippen molar-refractivity contribution in [3.63, 3.8) is 0 Å². The summed E-state index contributed by atoms with van der Waals surface area (Å²) in [5, 5.41) is 10.4. The average Bonchev–Trinajstić information content (AvgIpc) is 2.86. The first-order valence-corrected chi connectivity index (χ1v) is 8.02. The number of aromatic nitrogens is 2. The van der Waals surface area contributed by atoms with Gasteiger partial charge in [0.15, 0.2) is 11.0 Å². The molecule has 0 fully saturated rings. The quantitative estimate of drug-likeness (QED) is 0.710. The van der Waals surface area contributed by atoms with Crippen LogP contribution >= 0.6 is 0 Å². The zero-order valence-electron chi connectivity index (χ0n) is 13.6. The van der Waals surface area contributed by atoms with Crippen LogP contribution in [0.5, 0.6) is 5.75 Å². The second-order valence-corrected chi connectivity index (χ2v) is 5.71. The first kappa shape index (κ1) is 15.6. The zero-order chi connectivity index (χ0) is 16.2. The van der Waals surface area contributed by atoms with Crippen molar-refractivity contribution in [1.29, 1.82) is 0 Å². The van der Waals surface area contributed by atoms with Crippen LogP contribution in [0.1, 0.15) is 12.7 Å². The molecule has 0 bridgehead atoms. The highest BCUT2D eigenvalue weighted by molar-refractivity contribution is 5.72. The van der Waals surface area contributed by atoms with Gasteiger partial charge in [0.25, 0.3) is 5.82 Å². The summed E-state index contributed by atoms with van der Waals surface area (Å²) in [5.41, 5.74) is 2.33. The summed E-state index contributed by atoms with van der Waals surface area (Å²) in [4.78, 5) is 0. The number of para-hydroxylation sites is 3. The van der Waals surface area contributed by atoms with E-state index in [4.69, 9.17) is 4.74 Å². The van der Waals surface area contributed by atoms with Crippen LogP contribution in [0.25, 0.3) is 11.0 Å². The molecule has 4 nitrogen and oxygen atoms in total. The summed E-state index contributed by atoms with van der Waals surface area (Å²) in [6.07, 6.45) is 0.355. The maximum absolute atomic E-state index is 10.4. The van der Waals surface area contributed by atoms with Crippen molar-refractivity contribution < 1.29 is 14.4 Å². The Balaban J connectivity index is 1.78. The molecule has 1 atom stereocenters. The molecule has 0 unspecified atom stereocenters. The number of aliphatic hydroxyl groups is 1. The van der Waals surface area contributed by atoms with E-state index in [9.17, 15) is 5.11 Å². The van der Waals surface area contributed by atoms with E-state index in [2.05, 4.69) is 35.2 Å². The summed E-state index contributed by atoms with van der Waals surface area (Å²) in [7, 11) is 2.07. The molecule has 1 N–H and O–H groups in total. The lowest BCUT2D eigenvalue weighted by Gasteiger charge is -2.12. The number of rotatable bonds is 6. The molecule has 0 saturated carbocycles. The molecule has 2 aromatic carbocycles. The Kier molecular flexibility index (Phi) is 4.63. The third kappa shape index (κ3) is 3.22. The summed E-state index contributed by atoms with van der Waals surface area (Å²) < 4.78 is 10.0. The second kappa shape index (κ2) is 6.84. The number of ether oxygens (including phenoxy) is 1. The smallest absolute Gasteiger partial charge is 0.256 e. The molecular weight excluding hydrogens is 288 g/mol. The molecule has 4 heteroatoms. The Morgan fingerprint density at radius 2 is 1.78 bits per heavy atom. The van der Waals surface area contributed by atoms with E-state index < -0.39 is 6.10 Å². The molecule has 0 aliphatic rings. The molecule has 0 radical (unpaired) electrons. The number of nitrogens with zero attached hydrogens (tertiary/aromatic N) is 2. The first-order valence-electron chi connectivity index (χ1n) is 8.02. The van der Waals surface area contributed by atoms with Crippen molar-refractivity contribution >= 4 is 11.0 Å². The standard InChI is InChI=1S/C19H23N2O2/c1-3-19-20(2)17-11-7-8-12-18(17)21(19)13-15(22)14-23-16-9-5-4-6-10-16/h4-12,15,22H,3,13-14H2,1-2H3/q+1/t15-/m0/s1. The summed E-state index contributed by atoms with van der Waals surface area (Å²) in [6.45, 7) is 2.94. The zero-order valence-corrected chi connectivity index (χ0v) is 13.6. The van der Waals surface area contributed by atoms with Crippen molar-refractivity contribution in [1.82, 2.24) is 4.57 Å². The van der Waals surface area contributed by atoms with Gasteiger partial charge in [0.2, 0.25) is 0 Å². The fourth-order valence-corrected chi connectivity index (χ4v) is 3.04. The molecule has 1 heterocycles. The molecule has 23 heavy (non-hydrogen) atoms. The monoisotopic (exact) mass is 311 g/mol. The van der Waals surface area contributed by atoms with E-state index >= 15 is 0 Å². The maximum Gasteiger partial charge on any atom is 0.256 e. The van der Waals surface area contributed by atoms with Gasteiger partial charge in [-0.2, -0.15) is 0 Å². The predicted molar refractivity (Wildman–Crippen MR) is 90.4 cm³/mol. The van der Waals surface area contributed by atoms with Gasteiger partial charge in [-0.1, -0.05) is 37.3 Å². The maximum atomic E-state index is 10.4. The van der Waals surface area contributed by atoms with Gasteiger partial charge < -0.3 is 9.84 Å². The molecule has 0 aliphatic heterocycles. The molecule has 120 valence electrons. The van der Waals surface area contributed by atoms with Gasteiger partial charge in [-0.15, -0.1) is 0 Å². The molecule has 3 aromatic rings. The third-order valence-electron chi connectivity index (χ3n) is 4.13. The number of aliphatic hydroxyl groups excluding tert-OH is 1. The minimum atomic E-state index is -0.559. The molecule has 0 spiro atoms. The third-order valence-corrected chi connectivity index (χ3v) is 4.13. The minimum Gasteiger partial charge on any atom is -0.491 e. The second-order valence-electron chi connectivity index (χ2n) is 5.71. The van der Waals surface area contributed by atoms with Crippen LogP contribution < -0.4 is 9.30 Å². The van der Waals surface area contributed by atoms with Gasteiger partial charge in [0, 0.05) is 6.42 Å². The molecular formula is C19H23N2O2+. The lowest BCUT2D eigenvalue weighted by molar-refractivity contribution is -0.653. The van der Waals surface area contributed by atoms with Crippen molar-refractivity contribution in [3.8, 4) is 5.75 Å². The summed E-state index contributed by atoms with van der Waals surface area (Å²) in [6, 6.07) is 17.9. The van der Waals surface area contributed by atoms with Gasteiger partial charge in [-0.25, -0.2) is 9.13 Å². The number of imidazole rings is 1. The first-order chi connectivity index (χ1) is 11.2. The number of hydrogen-bond donors (Lipinski definition) is 1. The van der Waals surface area contributed by atoms with Gasteiger partial charge in [-0.05, 0) is 24.3 Å². The van der Waals surface area contributed by atoms with Crippen LogP contribution in [-0.2, 0) is 20.0 Å². The Labute approximate surface area is 136 Å². The van der Waals surface area contributed by atoms with Crippen LogP contribution in [0.4, 0.5) is 0 Å². The molecule has 1 aromatic heterocycles. The van der Waals surface area contributed by atoms with Crippen LogP contribution in [0.2, 0.25) is 0 Å². The number of aryl methyl sites for hydroxylation is 1. The van der Waals surface area contributed by atoms with Crippen LogP contribution in [0, 0.1) is 0 Å². The van der Waals surface area contributed by atoms with Crippen LogP contribution in [0.3, 0.4) is 0 Å². The van der Waals surface area contributed by atoms with E-state index in [1.807, 2.05) is 42.5 Å². The lowest BCUT2D eigenvalue weighted by Crippen LogP contribution is -2.34. The minimum absolute atomic E-state index is 0.281. The highest BCUT2D eigenvalue weighted by Gasteiger charge is 2.23. The molecule has 3 rings (SSSR count). The fraction of sp³-hybridized carbons (Fsp3) is 0.316. The average molecular weight is 311 g/mol.